The van der Waals surface area contributed by atoms with Crippen molar-refractivity contribution < 1.29 is 14.2 Å². The van der Waals surface area contributed by atoms with Gasteiger partial charge in [0.1, 0.15) is 17.7 Å². The number of aliphatic hydroxyl groups excluding tert-OH is 1. The van der Waals surface area contributed by atoms with Crippen LogP contribution in [0.3, 0.4) is 0 Å². The molecule has 1 saturated heterocycles. The molecule has 0 amide bonds. The number of hydrogen-bond donors (Lipinski definition) is 1. The van der Waals surface area contributed by atoms with E-state index in [1.807, 2.05) is 19.3 Å². The number of ether oxygens (including phenoxy) is 1. The van der Waals surface area contributed by atoms with Gasteiger partial charge in [-0.3, -0.25) is 9.58 Å². The van der Waals surface area contributed by atoms with Crippen LogP contribution < -0.4 is 4.74 Å². The first kappa shape index (κ1) is 16.0. The molecule has 1 aromatic heterocycles. The molecule has 1 aliphatic rings. The molecule has 2 heterocycles. The molecule has 3 rings (SSSR count). The second-order valence-corrected chi connectivity index (χ2v) is 6.01. The number of aromatic nitrogens is 2. The fourth-order valence-corrected chi connectivity index (χ4v) is 2.87. The number of aryl methyl sites for hydroxylation is 1. The summed E-state index contributed by atoms with van der Waals surface area (Å²) in [6.07, 6.45) is 2.52. The molecule has 2 atom stereocenters. The smallest absolute Gasteiger partial charge is 0.126 e. The van der Waals surface area contributed by atoms with Crippen LogP contribution in [-0.4, -0.2) is 45.1 Å². The maximum atomic E-state index is 12.9. The summed E-state index contributed by atoms with van der Waals surface area (Å²) in [4.78, 5) is 2.28. The van der Waals surface area contributed by atoms with Crippen molar-refractivity contribution in [2.45, 2.75) is 31.6 Å². The number of rotatable bonds is 4. The summed E-state index contributed by atoms with van der Waals surface area (Å²) in [5.41, 5.74) is 1.03. The lowest BCUT2D eigenvalue weighted by atomic mass is 10.1. The monoisotopic (exact) mass is 319 g/mol. The molecule has 1 N–H and O–H groups in total. The molecule has 0 aliphatic carbocycles. The van der Waals surface area contributed by atoms with E-state index < -0.39 is 6.10 Å². The van der Waals surface area contributed by atoms with Crippen LogP contribution in [0.5, 0.6) is 5.75 Å². The molecule has 0 radical (unpaired) electrons. The van der Waals surface area contributed by atoms with E-state index in [0.29, 0.717) is 12.2 Å². The minimum atomic E-state index is -0.520. The number of aliphatic hydroxyl groups is 1. The number of benzene rings is 1. The Morgan fingerprint density at radius 3 is 2.65 bits per heavy atom. The summed E-state index contributed by atoms with van der Waals surface area (Å²) in [7, 11) is 1.91. The molecule has 2 aromatic rings. The maximum absolute atomic E-state index is 12.9. The Hall–Kier alpha value is -1.92. The highest BCUT2D eigenvalue weighted by Gasteiger charge is 2.26. The molecule has 0 unspecified atom stereocenters. The summed E-state index contributed by atoms with van der Waals surface area (Å²) in [6, 6.07) is 7.93. The Labute approximate surface area is 135 Å². The van der Waals surface area contributed by atoms with Crippen molar-refractivity contribution >= 4 is 0 Å². The van der Waals surface area contributed by atoms with Gasteiger partial charge in [-0.1, -0.05) is 0 Å². The van der Waals surface area contributed by atoms with Crippen LogP contribution in [0.1, 0.15) is 18.5 Å². The maximum Gasteiger partial charge on any atom is 0.126 e. The van der Waals surface area contributed by atoms with Gasteiger partial charge in [0.2, 0.25) is 0 Å². The number of likely N-dealkylation sites (tertiary alicyclic amines) is 1. The number of hydrogen-bond acceptors (Lipinski definition) is 4. The van der Waals surface area contributed by atoms with Crippen LogP contribution in [0.15, 0.2) is 36.5 Å². The summed E-state index contributed by atoms with van der Waals surface area (Å²) in [5.74, 6) is 0.300. The van der Waals surface area contributed by atoms with E-state index in [4.69, 9.17) is 4.74 Å². The van der Waals surface area contributed by atoms with Gasteiger partial charge in [0.25, 0.3) is 0 Å². The lowest BCUT2D eigenvalue weighted by molar-refractivity contribution is 0.0349. The Morgan fingerprint density at radius 1 is 1.22 bits per heavy atom. The van der Waals surface area contributed by atoms with E-state index in [0.717, 1.165) is 31.7 Å². The average molecular weight is 319 g/mol. The Morgan fingerprint density at radius 2 is 1.96 bits per heavy atom. The van der Waals surface area contributed by atoms with Crippen LogP contribution in [-0.2, 0) is 13.6 Å². The highest BCUT2D eigenvalue weighted by atomic mass is 19.1. The van der Waals surface area contributed by atoms with E-state index in [2.05, 4.69) is 10.00 Å². The Bertz CT molecular complexity index is 629. The average Bonchev–Trinajstić information content (AvgIpc) is 2.87. The lowest BCUT2D eigenvalue weighted by Gasteiger charge is -2.21. The van der Waals surface area contributed by atoms with Crippen molar-refractivity contribution in [1.82, 2.24) is 14.7 Å². The molecule has 1 aliphatic heterocycles. The third-order valence-corrected chi connectivity index (χ3v) is 4.16. The van der Waals surface area contributed by atoms with E-state index >= 15 is 0 Å². The van der Waals surface area contributed by atoms with E-state index in [-0.39, 0.29) is 11.9 Å². The predicted molar refractivity (Wildman–Crippen MR) is 84.5 cm³/mol. The highest BCUT2D eigenvalue weighted by Crippen LogP contribution is 2.20. The molecule has 124 valence electrons. The molecule has 1 fully saturated rings. The Balaban J connectivity index is 1.58. The van der Waals surface area contributed by atoms with Gasteiger partial charge >= 0.3 is 0 Å². The van der Waals surface area contributed by atoms with Crippen molar-refractivity contribution in [3.63, 3.8) is 0 Å². The van der Waals surface area contributed by atoms with Crippen LogP contribution in [0, 0.1) is 5.82 Å². The normalized spacial score (nSPS) is 22.7. The SMILES string of the molecule is Cn1ccc(CN2CC[C@H](Oc3ccc(F)cc3)[C@@H](O)CC2)n1. The van der Waals surface area contributed by atoms with Crippen LogP contribution in [0.4, 0.5) is 4.39 Å². The largest absolute Gasteiger partial charge is 0.488 e. The van der Waals surface area contributed by atoms with Gasteiger partial charge in [-0.15, -0.1) is 0 Å². The van der Waals surface area contributed by atoms with Gasteiger partial charge < -0.3 is 9.84 Å². The first-order valence-electron chi connectivity index (χ1n) is 7.91. The predicted octanol–water partition coefficient (Wildman–Crippen LogP) is 1.96. The summed E-state index contributed by atoms with van der Waals surface area (Å²) in [5, 5.41) is 14.7. The first-order valence-corrected chi connectivity index (χ1v) is 7.91. The second kappa shape index (κ2) is 7.10. The summed E-state index contributed by atoms with van der Waals surface area (Å²) < 4.78 is 20.6. The molecule has 6 heteroatoms. The fraction of sp³-hybridized carbons (Fsp3) is 0.471. The van der Waals surface area contributed by atoms with Crippen LogP contribution in [0.2, 0.25) is 0 Å². The van der Waals surface area contributed by atoms with Gasteiger partial charge in [0.05, 0.1) is 11.8 Å². The standard InChI is InChI=1S/C17H22FN3O2/c1-20-9-6-14(19-20)12-21-10-7-16(22)17(8-11-21)23-15-4-2-13(18)3-5-15/h2-6,9,16-17,22H,7-8,10-12H2,1H3/t16-,17-/m0/s1. The molecule has 0 spiro atoms. The molecule has 5 nitrogen and oxygen atoms in total. The van der Waals surface area contributed by atoms with Crippen molar-refractivity contribution in [3.05, 3.63) is 48.0 Å². The van der Waals surface area contributed by atoms with Gasteiger partial charge in [0, 0.05) is 32.9 Å². The second-order valence-electron chi connectivity index (χ2n) is 6.01. The fourth-order valence-electron chi connectivity index (χ4n) is 2.87. The van der Waals surface area contributed by atoms with Crippen molar-refractivity contribution in [3.8, 4) is 5.75 Å². The molecular formula is C17H22FN3O2. The van der Waals surface area contributed by atoms with E-state index in [9.17, 15) is 9.50 Å². The Kier molecular flexibility index (Phi) is 4.93. The number of nitrogens with zero attached hydrogens (tertiary/aromatic N) is 3. The van der Waals surface area contributed by atoms with Crippen LogP contribution in [0.25, 0.3) is 0 Å². The zero-order valence-electron chi connectivity index (χ0n) is 13.2. The van der Waals surface area contributed by atoms with Crippen molar-refractivity contribution in [2.75, 3.05) is 13.1 Å². The lowest BCUT2D eigenvalue weighted by Crippen LogP contribution is -2.31. The summed E-state index contributed by atoms with van der Waals surface area (Å²) in [6.45, 7) is 2.41. The van der Waals surface area contributed by atoms with Gasteiger partial charge in [0.15, 0.2) is 0 Å². The summed E-state index contributed by atoms with van der Waals surface area (Å²) >= 11 is 0. The first-order chi connectivity index (χ1) is 11.1. The third-order valence-electron chi connectivity index (χ3n) is 4.16. The molecular weight excluding hydrogens is 297 g/mol. The van der Waals surface area contributed by atoms with Gasteiger partial charge in [-0.05, 0) is 43.2 Å². The zero-order chi connectivity index (χ0) is 16.2. The zero-order valence-corrected chi connectivity index (χ0v) is 13.2. The molecule has 0 bridgehead atoms. The minimum Gasteiger partial charge on any atom is -0.488 e. The third kappa shape index (κ3) is 4.30. The topological polar surface area (TPSA) is 50.5 Å². The minimum absolute atomic E-state index is 0.269. The van der Waals surface area contributed by atoms with Crippen molar-refractivity contribution in [2.24, 2.45) is 7.05 Å². The van der Waals surface area contributed by atoms with E-state index in [1.54, 1.807) is 16.8 Å². The number of halogens is 1. The molecule has 0 saturated carbocycles. The van der Waals surface area contributed by atoms with Crippen LogP contribution >= 0.6 is 0 Å². The van der Waals surface area contributed by atoms with E-state index in [1.165, 1.54) is 12.1 Å². The molecule has 1 aromatic carbocycles. The van der Waals surface area contributed by atoms with Crippen molar-refractivity contribution in [1.29, 1.82) is 0 Å². The molecule has 23 heavy (non-hydrogen) atoms. The quantitative estimate of drug-likeness (QED) is 0.936. The van der Waals surface area contributed by atoms with Gasteiger partial charge in [-0.25, -0.2) is 4.39 Å². The highest BCUT2D eigenvalue weighted by molar-refractivity contribution is 5.22. The van der Waals surface area contributed by atoms with Gasteiger partial charge in [-0.2, -0.15) is 5.10 Å².